The lowest BCUT2D eigenvalue weighted by molar-refractivity contribution is -0.0857. The molecule has 13 heteroatoms. The van der Waals surface area contributed by atoms with E-state index in [0.29, 0.717) is 40.1 Å². The number of hydrogen-bond acceptors (Lipinski definition) is 8. The summed E-state index contributed by atoms with van der Waals surface area (Å²) < 4.78 is 31.7. The Balaban J connectivity index is 1.20. The van der Waals surface area contributed by atoms with Crippen molar-refractivity contribution in [2.24, 2.45) is 17.8 Å². The first-order chi connectivity index (χ1) is 22.9. The standard InChI is InChI=1S/C34H40ClF2N9O/c1-21-5-2-9-30(22-6-3-7-23(13-22)33-28(39-16-21)18-41-46(33)34(36)37)44-20-40-27(15-32(44)47)26-14-25(35)10-11-31(26)45-19-29(42-43-45)24-8-4-12-38-17-24/h4,8,10-12,14-15,17,19-23,28,30,33-34,39,41H,2-3,5-7,9,13,16,18H2,1H3/t21-,22?,23?,28?,30+,33?/m1/s1. The minimum absolute atomic E-state index is 0.0333. The van der Waals surface area contributed by atoms with E-state index < -0.39 is 6.55 Å². The second kappa shape index (κ2) is 13.9. The molecule has 10 nitrogen and oxygen atoms in total. The van der Waals surface area contributed by atoms with E-state index in [0.717, 1.165) is 57.1 Å². The van der Waals surface area contributed by atoms with E-state index in [2.05, 4.69) is 33.0 Å². The average molecular weight is 664 g/mol. The monoisotopic (exact) mass is 663 g/mol. The number of hydrogen-bond donors (Lipinski definition) is 2. The Morgan fingerprint density at radius 1 is 1.02 bits per heavy atom. The number of alkyl halides is 2. The Labute approximate surface area is 277 Å². The minimum Gasteiger partial charge on any atom is -0.311 e. The van der Waals surface area contributed by atoms with E-state index in [1.54, 1.807) is 46.2 Å². The van der Waals surface area contributed by atoms with Gasteiger partial charge in [-0.2, -0.15) is 13.8 Å². The Kier molecular flexibility index (Phi) is 9.44. The summed E-state index contributed by atoms with van der Waals surface area (Å²) in [6.07, 6.45) is 13.3. The minimum atomic E-state index is -2.57. The molecular formula is C34H40ClF2N9O. The Bertz CT molecular complexity index is 1730. The van der Waals surface area contributed by atoms with Crippen LogP contribution >= 0.6 is 11.6 Å². The first-order valence-electron chi connectivity index (χ1n) is 16.6. The summed E-state index contributed by atoms with van der Waals surface area (Å²) in [4.78, 5) is 23.0. The van der Waals surface area contributed by atoms with Gasteiger partial charge >= 0.3 is 6.55 Å². The van der Waals surface area contributed by atoms with Crippen LogP contribution in [0.3, 0.4) is 0 Å². The molecule has 4 aromatic rings. The summed E-state index contributed by atoms with van der Waals surface area (Å²) >= 11 is 6.45. The average Bonchev–Trinajstić information content (AvgIpc) is 3.74. The maximum Gasteiger partial charge on any atom is 0.307 e. The van der Waals surface area contributed by atoms with Crippen LogP contribution in [-0.4, -0.2) is 66.3 Å². The van der Waals surface area contributed by atoms with E-state index in [4.69, 9.17) is 16.6 Å². The highest BCUT2D eigenvalue weighted by Gasteiger charge is 2.45. The summed E-state index contributed by atoms with van der Waals surface area (Å²) in [5, 5.41) is 14.0. The molecule has 1 saturated carbocycles. The molecule has 3 fully saturated rings. The number of fused-ring (bicyclic) bond motifs is 4. The molecule has 1 aromatic carbocycles. The van der Waals surface area contributed by atoms with Crippen LogP contribution in [0.2, 0.25) is 5.02 Å². The molecule has 2 saturated heterocycles. The van der Waals surface area contributed by atoms with Crippen molar-refractivity contribution in [2.75, 3.05) is 13.1 Å². The van der Waals surface area contributed by atoms with Crippen LogP contribution < -0.4 is 16.3 Å². The molecule has 2 bridgehead atoms. The third kappa shape index (κ3) is 6.74. The van der Waals surface area contributed by atoms with E-state index in [1.165, 1.54) is 5.01 Å². The van der Waals surface area contributed by atoms with E-state index in [9.17, 15) is 13.6 Å². The number of aromatic nitrogens is 6. The predicted molar refractivity (Wildman–Crippen MR) is 176 cm³/mol. The van der Waals surface area contributed by atoms with Gasteiger partial charge in [-0.25, -0.2) is 15.1 Å². The summed E-state index contributed by atoms with van der Waals surface area (Å²) in [5.41, 5.74) is 6.18. The van der Waals surface area contributed by atoms with Gasteiger partial charge in [-0.05, 0) is 86.7 Å². The molecule has 7 rings (SSSR count). The molecule has 0 amide bonds. The van der Waals surface area contributed by atoms with Crippen molar-refractivity contribution in [1.82, 2.24) is 45.3 Å². The maximum atomic E-state index is 14.1. The van der Waals surface area contributed by atoms with Crippen molar-refractivity contribution < 1.29 is 8.78 Å². The van der Waals surface area contributed by atoms with E-state index in [-0.39, 0.29) is 35.5 Å². The maximum absolute atomic E-state index is 14.1. The number of pyridine rings is 1. The lowest BCUT2D eigenvalue weighted by atomic mass is 9.72. The quantitative estimate of drug-likeness (QED) is 0.261. The van der Waals surface area contributed by atoms with Crippen LogP contribution in [-0.2, 0) is 0 Å². The molecule has 47 heavy (non-hydrogen) atoms. The largest absolute Gasteiger partial charge is 0.311 e. The lowest BCUT2D eigenvalue weighted by Gasteiger charge is -2.41. The number of benzene rings is 1. The van der Waals surface area contributed by atoms with Crippen molar-refractivity contribution in [3.63, 3.8) is 0 Å². The van der Waals surface area contributed by atoms with Gasteiger partial charge in [0.2, 0.25) is 0 Å². The van der Waals surface area contributed by atoms with Crippen LogP contribution in [0.25, 0.3) is 28.2 Å². The SMILES string of the molecule is C[C@@H]1CCC[C@H](n2cnc(-c3cc(Cl)ccc3-n3cc(-c4cccnc4)nn3)cc2=O)C2CCCC(C2)C2C(CNN2C(F)F)NC1. The first kappa shape index (κ1) is 32.0. The first-order valence-corrected chi connectivity index (χ1v) is 17.0. The molecular weight excluding hydrogens is 624 g/mol. The molecule has 248 valence electrons. The molecule has 4 unspecified atom stereocenters. The van der Waals surface area contributed by atoms with Gasteiger partial charge in [-0.3, -0.25) is 14.3 Å². The molecule has 1 aliphatic carbocycles. The van der Waals surface area contributed by atoms with Gasteiger partial charge in [0.15, 0.2) is 0 Å². The van der Waals surface area contributed by atoms with Crippen LogP contribution in [0.4, 0.5) is 8.78 Å². The number of hydrazine groups is 1. The molecule has 0 radical (unpaired) electrons. The van der Waals surface area contributed by atoms with Crippen molar-refractivity contribution in [1.29, 1.82) is 0 Å². The predicted octanol–water partition coefficient (Wildman–Crippen LogP) is 5.74. The van der Waals surface area contributed by atoms with Crippen LogP contribution in [0, 0.1) is 17.8 Å². The molecule has 6 atom stereocenters. The zero-order chi connectivity index (χ0) is 32.5. The van der Waals surface area contributed by atoms with Gasteiger partial charge in [-0.15, -0.1) is 5.10 Å². The topological polar surface area (TPSA) is 106 Å². The van der Waals surface area contributed by atoms with Crippen LogP contribution in [0.5, 0.6) is 0 Å². The van der Waals surface area contributed by atoms with Crippen molar-refractivity contribution in [3.8, 4) is 28.2 Å². The number of nitrogens with zero attached hydrogens (tertiary/aromatic N) is 7. The fourth-order valence-electron chi connectivity index (χ4n) is 7.98. The molecule has 2 aliphatic heterocycles. The Morgan fingerprint density at radius 2 is 1.87 bits per heavy atom. The number of halogens is 3. The third-order valence-electron chi connectivity index (χ3n) is 10.3. The lowest BCUT2D eigenvalue weighted by Crippen LogP contribution is -2.52. The smallest absolute Gasteiger partial charge is 0.307 e. The molecule has 2 N–H and O–H groups in total. The number of rotatable bonds is 5. The highest BCUT2D eigenvalue weighted by molar-refractivity contribution is 6.31. The van der Waals surface area contributed by atoms with E-state index in [1.807, 2.05) is 24.4 Å². The normalized spacial score (nSPS) is 27.3. The second-order valence-electron chi connectivity index (χ2n) is 13.3. The van der Waals surface area contributed by atoms with Gasteiger partial charge in [0.25, 0.3) is 5.56 Å². The fourth-order valence-corrected chi connectivity index (χ4v) is 8.15. The third-order valence-corrected chi connectivity index (χ3v) is 10.5. The summed E-state index contributed by atoms with van der Waals surface area (Å²) in [7, 11) is 0. The summed E-state index contributed by atoms with van der Waals surface area (Å²) in [5.74, 6) is 0.686. The Hall–Kier alpha value is -3.58. The van der Waals surface area contributed by atoms with Crippen molar-refractivity contribution in [3.05, 3.63) is 76.7 Å². The molecule has 3 aliphatic rings. The van der Waals surface area contributed by atoms with Crippen LogP contribution in [0.1, 0.15) is 57.9 Å². The summed E-state index contributed by atoms with van der Waals surface area (Å²) in [6, 6.07) is 10.3. The highest BCUT2D eigenvalue weighted by atomic mass is 35.5. The van der Waals surface area contributed by atoms with Gasteiger partial charge in [0, 0.05) is 59.3 Å². The zero-order valence-electron chi connectivity index (χ0n) is 26.4. The molecule has 5 heterocycles. The van der Waals surface area contributed by atoms with Gasteiger partial charge in [0.1, 0.15) is 5.69 Å². The van der Waals surface area contributed by atoms with Gasteiger partial charge < -0.3 is 5.32 Å². The van der Waals surface area contributed by atoms with Gasteiger partial charge in [-0.1, -0.05) is 36.6 Å². The summed E-state index contributed by atoms with van der Waals surface area (Å²) in [6.45, 7) is 0.927. The van der Waals surface area contributed by atoms with Gasteiger partial charge in [0.05, 0.1) is 23.9 Å². The Morgan fingerprint density at radius 3 is 2.68 bits per heavy atom. The van der Waals surface area contributed by atoms with Crippen LogP contribution in [0.15, 0.2) is 66.1 Å². The zero-order valence-corrected chi connectivity index (χ0v) is 27.1. The number of nitrogens with one attached hydrogen (secondary N) is 2. The molecule has 0 spiro atoms. The van der Waals surface area contributed by atoms with Crippen molar-refractivity contribution >= 4 is 11.6 Å². The second-order valence-corrected chi connectivity index (χ2v) is 13.8. The fraction of sp³-hybridized carbons (Fsp3) is 0.500. The highest BCUT2D eigenvalue weighted by Crippen LogP contribution is 2.42. The molecule has 3 aromatic heterocycles. The van der Waals surface area contributed by atoms with E-state index >= 15 is 0 Å². The van der Waals surface area contributed by atoms with Crippen molar-refractivity contribution in [2.45, 2.75) is 76.5 Å².